The summed E-state index contributed by atoms with van der Waals surface area (Å²) in [7, 11) is 0. The molecular formula is C35H28N4O3S3. The Kier molecular flexibility index (Phi) is 10.3. The molecule has 0 aliphatic heterocycles. The van der Waals surface area contributed by atoms with Gasteiger partial charge in [-0.05, 0) is 78.2 Å². The first kappa shape index (κ1) is 31.5. The van der Waals surface area contributed by atoms with Crippen LogP contribution in [0.4, 0.5) is 10.7 Å². The van der Waals surface area contributed by atoms with E-state index in [0.29, 0.717) is 21.8 Å². The summed E-state index contributed by atoms with van der Waals surface area (Å²) in [5, 5.41) is 24.0. The molecule has 0 spiro atoms. The van der Waals surface area contributed by atoms with Crippen molar-refractivity contribution in [1.82, 2.24) is 5.32 Å². The van der Waals surface area contributed by atoms with Crippen LogP contribution in [-0.2, 0) is 9.59 Å². The maximum atomic E-state index is 13.3. The van der Waals surface area contributed by atoms with E-state index >= 15 is 0 Å². The van der Waals surface area contributed by atoms with E-state index in [9.17, 15) is 19.6 Å². The molecule has 0 bridgehead atoms. The van der Waals surface area contributed by atoms with Crippen LogP contribution in [0.15, 0.2) is 112 Å². The Hall–Kier alpha value is -4.95. The third-order valence-corrected chi connectivity index (χ3v) is 9.35. The monoisotopic (exact) mass is 648 g/mol. The average Bonchev–Trinajstić information content (AvgIpc) is 3.71. The highest BCUT2D eigenvalue weighted by atomic mass is 32.2. The quantitative estimate of drug-likeness (QED) is 0.104. The van der Waals surface area contributed by atoms with Crippen molar-refractivity contribution in [1.29, 1.82) is 5.26 Å². The van der Waals surface area contributed by atoms with Crippen LogP contribution in [-0.4, -0.2) is 23.0 Å². The fourth-order valence-corrected chi connectivity index (χ4v) is 6.76. The highest BCUT2D eigenvalue weighted by Crippen LogP contribution is 2.36. The predicted molar refractivity (Wildman–Crippen MR) is 184 cm³/mol. The number of anilines is 2. The lowest BCUT2D eigenvalue weighted by atomic mass is 10.0. The molecule has 2 aromatic heterocycles. The van der Waals surface area contributed by atoms with Crippen LogP contribution in [0.5, 0.6) is 0 Å². The molecule has 0 radical (unpaired) electrons. The zero-order valence-electron chi connectivity index (χ0n) is 24.4. The number of carbonyl (C=O) groups excluding carboxylic acids is 3. The van der Waals surface area contributed by atoms with Gasteiger partial charge in [0.05, 0.1) is 10.8 Å². The lowest BCUT2D eigenvalue weighted by Crippen LogP contribution is -2.30. The average molecular weight is 649 g/mol. The van der Waals surface area contributed by atoms with E-state index in [-0.39, 0.29) is 11.6 Å². The molecule has 1 unspecified atom stereocenters. The molecule has 3 aromatic carbocycles. The normalized spacial score (nSPS) is 11.7. The SMILES string of the molecule is Cc1ccc(-c2csc(NC(=O)C(C)Sc3cccc(NC(=O)/C(=C/c4ccsc4)NC(=O)c4ccccc4)c3)c2C#N)cc1. The molecule has 224 valence electrons. The largest absolute Gasteiger partial charge is 0.321 e. The van der Waals surface area contributed by atoms with Gasteiger partial charge in [0.2, 0.25) is 5.91 Å². The Morgan fingerprint density at radius 3 is 2.42 bits per heavy atom. The summed E-state index contributed by atoms with van der Waals surface area (Å²) >= 11 is 4.13. The van der Waals surface area contributed by atoms with E-state index in [4.69, 9.17) is 0 Å². The minimum atomic E-state index is -0.494. The molecule has 0 aliphatic carbocycles. The number of aryl methyl sites for hydroxylation is 1. The van der Waals surface area contributed by atoms with Crippen molar-refractivity contribution in [2.75, 3.05) is 10.6 Å². The number of thiophene rings is 2. The van der Waals surface area contributed by atoms with E-state index in [1.54, 1.807) is 55.5 Å². The van der Waals surface area contributed by atoms with Crippen molar-refractivity contribution >= 4 is 68.9 Å². The molecule has 1 atom stereocenters. The molecule has 0 saturated carbocycles. The topological polar surface area (TPSA) is 111 Å². The molecule has 10 heteroatoms. The van der Waals surface area contributed by atoms with Gasteiger partial charge < -0.3 is 16.0 Å². The fourth-order valence-electron chi connectivity index (χ4n) is 4.29. The number of carbonyl (C=O) groups is 3. The zero-order valence-corrected chi connectivity index (χ0v) is 26.8. The highest BCUT2D eigenvalue weighted by molar-refractivity contribution is 8.00. The molecule has 0 saturated heterocycles. The highest BCUT2D eigenvalue weighted by Gasteiger charge is 2.20. The third-order valence-electron chi connectivity index (χ3n) is 6.66. The van der Waals surface area contributed by atoms with Gasteiger partial charge in [0.25, 0.3) is 11.8 Å². The molecule has 45 heavy (non-hydrogen) atoms. The summed E-state index contributed by atoms with van der Waals surface area (Å²) in [5.74, 6) is -1.12. The Balaban J connectivity index is 1.26. The first-order chi connectivity index (χ1) is 21.8. The summed E-state index contributed by atoms with van der Waals surface area (Å²) in [6, 6.07) is 27.8. The second-order valence-electron chi connectivity index (χ2n) is 10.00. The van der Waals surface area contributed by atoms with Gasteiger partial charge >= 0.3 is 0 Å². The standard InChI is InChI=1S/C35H28N4O3S3/c1-22-11-13-25(14-12-22)30-21-44-35(29(30)19-36)39-32(40)23(2)45-28-10-6-9-27(18-28)37-34(42)31(17-24-15-16-43-20-24)38-33(41)26-7-4-3-5-8-26/h3-18,20-21,23H,1-2H3,(H,37,42)(H,38,41)(H,39,40)/b31-17-. The van der Waals surface area contributed by atoms with Gasteiger partial charge in [0.15, 0.2) is 0 Å². The van der Waals surface area contributed by atoms with Gasteiger partial charge in [-0.15, -0.1) is 23.1 Å². The number of benzene rings is 3. The minimum Gasteiger partial charge on any atom is -0.321 e. The fraction of sp³-hybridized carbons (Fsp3) is 0.0857. The van der Waals surface area contributed by atoms with E-state index in [1.165, 1.54) is 34.4 Å². The molecule has 3 N–H and O–H groups in total. The van der Waals surface area contributed by atoms with Crippen molar-refractivity contribution in [3.63, 3.8) is 0 Å². The summed E-state index contributed by atoms with van der Waals surface area (Å²) in [6.07, 6.45) is 1.63. The number of nitrogens with zero attached hydrogens (tertiary/aromatic N) is 1. The number of thioether (sulfide) groups is 1. The van der Waals surface area contributed by atoms with Gasteiger partial charge in [-0.2, -0.15) is 16.6 Å². The second kappa shape index (κ2) is 14.7. The van der Waals surface area contributed by atoms with Crippen molar-refractivity contribution in [3.8, 4) is 17.2 Å². The maximum absolute atomic E-state index is 13.3. The molecule has 7 nitrogen and oxygen atoms in total. The molecular weight excluding hydrogens is 621 g/mol. The molecule has 5 rings (SSSR count). The van der Waals surface area contributed by atoms with E-state index in [0.717, 1.165) is 27.1 Å². The molecule has 0 fully saturated rings. The third kappa shape index (κ3) is 8.16. The van der Waals surface area contributed by atoms with E-state index in [2.05, 4.69) is 22.0 Å². The summed E-state index contributed by atoms with van der Waals surface area (Å²) in [5.41, 5.74) is 5.10. The van der Waals surface area contributed by atoms with Crippen molar-refractivity contribution in [2.45, 2.75) is 24.0 Å². The number of hydrogen-bond acceptors (Lipinski definition) is 7. The van der Waals surface area contributed by atoms with Crippen LogP contribution >= 0.6 is 34.4 Å². The van der Waals surface area contributed by atoms with Gasteiger partial charge in [0.1, 0.15) is 16.8 Å². The maximum Gasteiger partial charge on any atom is 0.272 e. The Bertz CT molecular complexity index is 1890. The smallest absolute Gasteiger partial charge is 0.272 e. The van der Waals surface area contributed by atoms with E-state index in [1.807, 2.05) is 65.5 Å². The molecule has 5 aromatic rings. The Morgan fingerprint density at radius 1 is 0.933 bits per heavy atom. The van der Waals surface area contributed by atoms with Crippen molar-refractivity contribution < 1.29 is 14.4 Å². The first-order valence-electron chi connectivity index (χ1n) is 13.9. The predicted octanol–water partition coefficient (Wildman–Crippen LogP) is 8.19. The number of rotatable bonds is 10. The molecule has 0 aliphatic rings. The Labute approximate surface area is 273 Å². The van der Waals surface area contributed by atoms with Crippen LogP contribution in [0.2, 0.25) is 0 Å². The van der Waals surface area contributed by atoms with Crippen LogP contribution in [0.25, 0.3) is 17.2 Å². The van der Waals surface area contributed by atoms with Gasteiger partial charge in [-0.3, -0.25) is 14.4 Å². The van der Waals surface area contributed by atoms with E-state index < -0.39 is 17.1 Å². The summed E-state index contributed by atoms with van der Waals surface area (Å²) in [6.45, 7) is 3.79. The van der Waals surface area contributed by atoms with Crippen molar-refractivity contribution in [2.24, 2.45) is 0 Å². The lowest BCUT2D eigenvalue weighted by Gasteiger charge is -2.14. The van der Waals surface area contributed by atoms with Gasteiger partial charge in [0, 0.05) is 27.1 Å². The van der Waals surface area contributed by atoms with Crippen LogP contribution < -0.4 is 16.0 Å². The lowest BCUT2D eigenvalue weighted by molar-refractivity contribution is -0.115. The van der Waals surface area contributed by atoms with Crippen LogP contribution in [0.1, 0.15) is 34.0 Å². The van der Waals surface area contributed by atoms with Crippen molar-refractivity contribution in [3.05, 3.63) is 129 Å². The minimum absolute atomic E-state index is 0.0994. The van der Waals surface area contributed by atoms with Gasteiger partial charge in [-0.25, -0.2) is 0 Å². The van der Waals surface area contributed by atoms with Crippen LogP contribution in [0.3, 0.4) is 0 Å². The number of amides is 3. The number of nitrogens with one attached hydrogen (secondary N) is 3. The molecule has 2 heterocycles. The van der Waals surface area contributed by atoms with Crippen LogP contribution in [0, 0.1) is 18.3 Å². The Morgan fingerprint density at radius 2 is 1.71 bits per heavy atom. The second-order valence-corrected chi connectivity index (χ2v) is 13.1. The number of hydrogen-bond donors (Lipinski definition) is 3. The zero-order chi connectivity index (χ0) is 31.8. The molecule has 3 amide bonds. The number of nitriles is 1. The van der Waals surface area contributed by atoms with Gasteiger partial charge in [-0.1, -0.05) is 54.1 Å². The summed E-state index contributed by atoms with van der Waals surface area (Å²) < 4.78 is 0. The first-order valence-corrected chi connectivity index (χ1v) is 16.6. The summed E-state index contributed by atoms with van der Waals surface area (Å²) in [4.78, 5) is 40.1.